The number of rotatable bonds is 4. The summed E-state index contributed by atoms with van der Waals surface area (Å²) in [5.74, 6) is -0.152. The molecule has 1 atom stereocenters. The second-order valence-electron chi connectivity index (χ2n) is 5.36. The number of benzene rings is 1. The number of nitrogens with one attached hydrogen (secondary N) is 1. The number of nitrogens with zero attached hydrogens (tertiary/aromatic N) is 3. The van der Waals surface area contributed by atoms with Gasteiger partial charge in [0, 0.05) is 24.2 Å². The van der Waals surface area contributed by atoms with Gasteiger partial charge in [0.15, 0.2) is 5.13 Å². The summed E-state index contributed by atoms with van der Waals surface area (Å²) in [6, 6.07) is 4.40. The summed E-state index contributed by atoms with van der Waals surface area (Å²) in [7, 11) is 0. The van der Waals surface area contributed by atoms with Gasteiger partial charge >= 0.3 is 0 Å². The molecule has 1 aliphatic rings. The molecular weight excluding hydrogens is 316 g/mol. The predicted molar refractivity (Wildman–Crippen MR) is 88.9 cm³/mol. The molecule has 1 saturated heterocycles. The first-order chi connectivity index (χ1) is 11.1. The van der Waals surface area contributed by atoms with E-state index in [9.17, 15) is 14.9 Å². The third kappa shape index (κ3) is 3.02. The normalized spacial score (nSPS) is 17.3. The Morgan fingerprint density at radius 3 is 3.04 bits per heavy atom. The van der Waals surface area contributed by atoms with Gasteiger partial charge in [-0.3, -0.25) is 14.9 Å². The van der Waals surface area contributed by atoms with Crippen LogP contribution in [0.4, 0.5) is 16.5 Å². The Morgan fingerprint density at radius 1 is 1.52 bits per heavy atom. The first-order valence-corrected chi connectivity index (χ1v) is 8.17. The summed E-state index contributed by atoms with van der Waals surface area (Å²) in [5, 5.41) is 16.5. The average Bonchev–Trinajstić information content (AvgIpc) is 3.19. The van der Waals surface area contributed by atoms with E-state index in [2.05, 4.69) is 10.3 Å². The monoisotopic (exact) mass is 332 g/mol. The Bertz CT molecular complexity index is 732. The SMILES string of the molecule is Cc1c(NC(=O)[C@H]2CCCN2c2nccs2)cccc1[N+](=O)[O-]. The fraction of sp³-hybridized carbons (Fsp3) is 0.333. The minimum absolute atomic E-state index is 0.00556. The lowest BCUT2D eigenvalue weighted by Crippen LogP contribution is -2.39. The van der Waals surface area contributed by atoms with Gasteiger partial charge in [-0.2, -0.15) is 0 Å². The Morgan fingerprint density at radius 2 is 2.35 bits per heavy atom. The highest BCUT2D eigenvalue weighted by molar-refractivity contribution is 7.13. The molecule has 23 heavy (non-hydrogen) atoms. The maximum Gasteiger partial charge on any atom is 0.274 e. The minimum Gasteiger partial charge on any atom is -0.336 e. The lowest BCUT2D eigenvalue weighted by Gasteiger charge is -2.23. The first-order valence-electron chi connectivity index (χ1n) is 7.29. The van der Waals surface area contributed by atoms with Crippen LogP contribution in [0.2, 0.25) is 0 Å². The summed E-state index contributed by atoms with van der Waals surface area (Å²) in [6.45, 7) is 2.43. The lowest BCUT2D eigenvalue weighted by molar-refractivity contribution is -0.385. The van der Waals surface area contributed by atoms with Crippen LogP contribution in [0.3, 0.4) is 0 Å². The van der Waals surface area contributed by atoms with E-state index in [1.165, 1.54) is 17.4 Å². The highest BCUT2D eigenvalue weighted by Crippen LogP contribution is 2.29. The van der Waals surface area contributed by atoms with E-state index in [0.29, 0.717) is 11.3 Å². The number of nitro benzene ring substituents is 1. The average molecular weight is 332 g/mol. The van der Waals surface area contributed by atoms with Crippen molar-refractivity contribution in [2.45, 2.75) is 25.8 Å². The second-order valence-corrected chi connectivity index (χ2v) is 6.24. The third-order valence-electron chi connectivity index (χ3n) is 3.98. The highest BCUT2D eigenvalue weighted by Gasteiger charge is 2.32. The molecule has 0 bridgehead atoms. The van der Waals surface area contributed by atoms with E-state index in [1.54, 1.807) is 25.3 Å². The van der Waals surface area contributed by atoms with Gasteiger partial charge in [0.1, 0.15) is 6.04 Å². The van der Waals surface area contributed by atoms with Crippen molar-refractivity contribution in [1.29, 1.82) is 0 Å². The van der Waals surface area contributed by atoms with Gasteiger partial charge in [-0.05, 0) is 25.8 Å². The van der Waals surface area contributed by atoms with E-state index in [4.69, 9.17) is 0 Å². The van der Waals surface area contributed by atoms with Gasteiger partial charge in [-0.25, -0.2) is 4.98 Å². The molecule has 1 aromatic carbocycles. The number of carbonyl (C=O) groups excluding carboxylic acids is 1. The van der Waals surface area contributed by atoms with Gasteiger partial charge in [0.25, 0.3) is 5.69 Å². The molecule has 8 heteroatoms. The number of carbonyl (C=O) groups is 1. The zero-order valence-corrected chi connectivity index (χ0v) is 13.4. The fourth-order valence-electron chi connectivity index (χ4n) is 2.80. The molecule has 1 aliphatic heterocycles. The smallest absolute Gasteiger partial charge is 0.274 e. The molecule has 0 unspecified atom stereocenters. The Kier molecular flexibility index (Phi) is 4.24. The Hall–Kier alpha value is -2.48. The Labute approximate surface area is 137 Å². The van der Waals surface area contributed by atoms with E-state index in [-0.39, 0.29) is 17.6 Å². The number of hydrogen-bond acceptors (Lipinski definition) is 6. The predicted octanol–water partition coefficient (Wildman–Crippen LogP) is 2.97. The zero-order valence-electron chi connectivity index (χ0n) is 12.6. The maximum atomic E-state index is 12.6. The van der Waals surface area contributed by atoms with Crippen molar-refractivity contribution in [2.24, 2.45) is 0 Å². The van der Waals surface area contributed by atoms with Gasteiger partial charge < -0.3 is 10.2 Å². The zero-order chi connectivity index (χ0) is 16.4. The number of anilines is 2. The quantitative estimate of drug-likeness (QED) is 0.687. The van der Waals surface area contributed by atoms with Crippen molar-refractivity contribution in [1.82, 2.24) is 4.98 Å². The maximum absolute atomic E-state index is 12.6. The molecule has 0 aliphatic carbocycles. The third-order valence-corrected chi connectivity index (χ3v) is 4.79. The van der Waals surface area contributed by atoms with Crippen LogP contribution in [0, 0.1) is 17.0 Å². The molecule has 120 valence electrons. The van der Waals surface area contributed by atoms with Crippen molar-refractivity contribution in [3.8, 4) is 0 Å². The summed E-state index contributed by atoms with van der Waals surface area (Å²) >= 11 is 1.50. The summed E-state index contributed by atoms with van der Waals surface area (Å²) in [6.07, 6.45) is 3.39. The van der Waals surface area contributed by atoms with Crippen LogP contribution in [-0.2, 0) is 4.79 Å². The van der Waals surface area contributed by atoms with Crippen LogP contribution in [0.5, 0.6) is 0 Å². The topological polar surface area (TPSA) is 88.4 Å². The summed E-state index contributed by atoms with van der Waals surface area (Å²) < 4.78 is 0. The molecule has 1 fully saturated rings. The Balaban J connectivity index is 1.79. The van der Waals surface area contributed by atoms with Crippen molar-refractivity contribution < 1.29 is 9.72 Å². The van der Waals surface area contributed by atoms with E-state index in [1.807, 2.05) is 10.3 Å². The van der Waals surface area contributed by atoms with Crippen LogP contribution in [-0.4, -0.2) is 28.4 Å². The number of aromatic nitrogens is 1. The molecule has 0 spiro atoms. The van der Waals surface area contributed by atoms with Gasteiger partial charge in [-0.1, -0.05) is 6.07 Å². The van der Waals surface area contributed by atoms with E-state index < -0.39 is 4.92 Å². The van der Waals surface area contributed by atoms with E-state index in [0.717, 1.165) is 24.5 Å². The van der Waals surface area contributed by atoms with Crippen LogP contribution < -0.4 is 10.2 Å². The number of nitro groups is 1. The van der Waals surface area contributed by atoms with Crippen LogP contribution >= 0.6 is 11.3 Å². The molecular formula is C15H16N4O3S. The highest BCUT2D eigenvalue weighted by atomic mass is 32.1. The molecule has 7 nitrogen and oxygen atoms in total. The van der Waals surface area contributed by atoms with Crippen molar-refractivity contribution in [3.63, 3.8) is 0 Å². The van der Waals surface area contributed by atoms with Crippen molar-refractivity contribution in [2.75, 3.05) is 16.8 Å². The van der Waals surface area contributed by atoms with Gasteiger partial charge in [-0.15, -0.1) is 11.3 Å². The van der Waals surface area contributed by atoms with Crippen LogP contribution in [0.15, 0.2) is 29.8 Å². The molecule has 1 N–H and O–H groups in total. The molecule has 1 aromatic heterocycles. The number of hydrogen-bond donors (Lipinski definition) is 1. The molecule has 2 aromatic rings. The standard InChI is InChI=1S/C15H16N4O3S/c1-10-11(4-2-5-12(10)19(21)22)17-14(20)13-6-3-8-18(13)15-16-7-9-23-15/h2,4-5,7,9,13H,3,6,8H2,1H3,(H,17,20)/t13-/m1/s1. The summed E-state index contributed by atoms with van der Waals surface area (Å²) in [4.78, 5) is 29.4. The number of thiazole rings is 1. The number of amides is 1. The molecule has 2 heterocycles. The largest absolute Gasteiger partial charge is 0.336 e. The molecule has 3 rings (SSSR count). The molecule has 1 amide bonds. The molecule has 0 saturated carbocycles. The summed E-state index contributed by atoms with van der Waals surface area (Å²) in [5.41, 5.74) is 0.950. The lowest BCUT2D eigenvalue weighted by atomic mass is 10.1. The van der Waals surface area contributed by atoms with E-state index >= 15 is 0 Å². The van der Waals surface area contributed by atoms with Gasteiger partial charge in [0.2, 0.25) is 5.91 Å². The van der Waals surface area contributed by atoms with Crippen molar-refractivity contribution >= 4 is 33.8 Å². The van der Waals surface area contributed by atoms with Gasteiger partial charge in [0.05, 0.1) is 16.2 Å². The van der Waals surface area contributed by atoms with Crippen molar-refractivity contribution in [3.05, 3.63) is 45.5 Å². The first kappa shape index (κ1) is 15.4. The van der Waals surface area contributed by atoms with Crippen LogP contribution in [0.25, 0.3) is 0 Å². The van der Waals surface area contributed by atoms with Crippen LogP contribution in [0.1, 0.15) is 18.4 Å². The fourth-order valence-corrected chi connectivity index (χ4v) is 3.52. The minimum atomic E-state index is -0.442. The second kappa shape index (κ2) is 6.33. The molecule has 0 radical (unpaired) electrons.